The van der Waals surface area contributed by atoms with Crippen LogP contribution in [0.1, 0.15) is 56.2 Å². The van der Waals surface area contributed by atoms with Gasteiger partial charge in [-0.3, -0.25) is 0 Å². The van der Waals surface area contributed by atoms with Crippen LogP contribution in [-0.2, 0) is 0 Å². The standard InChI is InChI=1S/C14H22FN/c1-3-4-5-6-7-14(16)12-9-8-11(2)13(15)10-12/h8-10,14H,3-7,16H2,1-2H3. The third-order valence-corrected chi connectivity index (χ3v) is 2.99. The predicted molar refractivity (Wildman–Crippen MR) is 66.8 cm³/mol. The lowest BCUT2D eigenvalue weighted by molar-refractivity contribution is 0.559. The molecule has 1 aromatic rings. The van der Waals surface area contributed by atoms with Crippen molar-refractivity contribution in [3.8, 4) is 0 Å². The van der Waals surface area contributed by atoms with Gasteiger partial charge in [0, 0.05) is 6.04 Å². The molecule has 0 aromatic heterocycles. The molecule has 0 spiro atoms. The summed E-state index contributed by atoms with van der Waals surface area (Å²) in [6.07, 6.45) is 5.79. The molecule has 0 aliphatic rings. The van der Waals surface area contributed by atoms with Gasteiger partial charge in [-0.2, -0.15) is 0 Å². The molecule has 90 valence electrons. The van der Waals surface area contributed by atoms with E-state index >= 15 is 0 Å². The zero-order valence-corrected chi connectivity index (χ0v) is 10.3. The molecular weight excluding hydrogens is 201 g/mol. The monoisotopic (exact) mass is 223 g/mol. The van der Waals surface area contributed by atoms with Gasteiger partial charge in [-0.25, -0.2) is 4.39 Å². The van der Waals surface area contributed by atoms with Gasteiger partial charge in [0.25, 0.3) is 0 Å². The maximum absolute atomic E-state index is 13.3. The fourth-order valence-electron chi connectivity index (χ4n) is 1.80. The van der Waals surface area contributed by atoms with Gasteiger partial charge in [0.1, 0.15) is 5.82 Å². The van der Waals surface area contributed by atoms with Crippen LogP contribution in [0.4, 0.5) is 4.39 Å². The second kappa shape index (κ2) is 6.64. The van der Waals surface area contributed by atoms with E-state index in [0.29, 0.717) is 5.56 Å². The smallest absolute Gasteiger partial charge is 0.126 e. The summed E-state index contributed by atoms with van der Waals surface area (Å²) in [7, 11) is 0. The average Bonchev–Trinajstić information content (AvgIpc) is 2.28. The Balaban J connectivity index is 2.46. The minimum Gasteiger partial charge on any atom is -0.324 e. The molecule has 1 rings (SSSR count). The van der Waals surface area contributed by atoms with E-state index in [1.54, 1.807) is 19.1 Å². The molecule has 2 heteroatoms. The molecule has 0 saturated heterocycles. The third kappa shape index (κ3) is 3.93. The molecule has 0 radical (unpaired) electrons. The number of unbranched alkanes of at least 4 members (excludes halogenated alkanes) is 3. The van der Waals surface area contributed by atoms with Crippen molar-refractivity contribution in [1.29, 1.82) is 0 Å². The molecule has 1 unspecified atom stereocenters. The molecule has 0 fully saturated rings. The molecular formula is C14H22FN. The van der Waals surface area contributed by atoms with Crippen LogP contribution in [0.3, 0.4) is 0 Å². The van der Waals surface area contributed by atoms with Crippen LogP contribution in [0.2, 0.25) is 0 Å². The summed E-state index contributed by atoms with van der Waals surface area (Å²) in [6, 6.07) is 5.28. The number of halogens is 1. The molecule has 0 heterocycles. The fraction of sp³-hybridized carbons (Fsp3) is 0.571. The zero-order valence-electron chi connectivity index (χ0n) is 10.3. The number of hydrogen-bond acceptors (Lipinski definition) is 1. The van der Waals surface area contributed by atoms with Crippen molar-refractivity contribution >= 4 is 0 Å². The molecule has 0 bridgehead atoms. The summed E-state index contributed by atoms with van der Waals surface area (Å²) >= 11 is 0. The van der Waals surface area contributed by atoms with E-state index in [-0.39, 0.29) is 11.9 Å². The van der Waals surface area contributed by atoms with Crippen molar-refractivity contribution in [3.05, 3.63) is 35.1 Å². The third-order valence-electron chi connectivity index (χ3n) is 2.99. The van der Waals surface area contributed by atoms with E-state index in [0.717, 1.165) is 18.4 Å². The highest BCUT2D eigenvalue weighted by atomic mass is 19.1. The van der Waals surface area contributed by atoms with Gasteiger partial charge in [-0.15, -0.1) is 0 Å². The molecule has 16 heavy (non-hydrogen) atoms. The average molecular weight is 223 g/mol. The molecule has 0 aliphatic carbocycles. The fourth-order valence-corrected chi connectivity index (χ4v) is 1.80. The van der Waals surface area contributed by atoms with E-state index in [2.05, 4.69) is 6.92 Å². The Hall–Kier alpha value is -0.890. The maximum atomic E-state index is 13.3. The summed E-state index contributed by atoms with van der Waals surface area (Å²) in [5.74, 6) is -0.151. The minimum absolute atomic E-state index is 0.0213. The summed E-state index contributed by atoms with van der Waals surface area (Å²) in [5, 5.41) is 0. The Morgan fingerprint density at radius 2 is 2.00 bits per heavy atom. The van der Waals surface area contributed by atoms with Crippen LogP contribution in [0.25, 0.3) is 0 Å². The lowest BCUT2D eigenvalue weighted by Gasteiger charge is -2.12. The van der Waals surface area contributed by atoms with Crippen molar-refractivity contribution in [3.63, 3.8) is 0 Å². The lowest BCUT2D eigenvalue weighted by Crippen LogP contribution is -2.10. The Bertz CT molecular complexity index is 323. The van der Waals surface area contributed by atoms with E-state index in [4.69, 9.17) is 5.73 Å². The van der Waals surface area contributed by atoms with Crippen molar-refractivity contribution in [2.75, 3.05) is 0 Å². The van der Waals surface area contributed by atoms with Gasteiger partial charge in [0.15, 0.2) is 0 Å². The second-order valence-corrected chi connectivity index (χ2v) is 4.46. The first-order chi connectivity index (χ1) is 7.65. The molecule has 1 aromatic carbocycles. The quantitative estimate of drug-likeness (QED) is 0.722. The van der Waals surface area contributed by atoms with Gasteiger partial charge >= 0.3 is 0 Å². The Labute approximate surface area is 97.9 Å². The van der Waals surface area contributed by atoms with Crippen LogP contribution < -0.4 is 5.73 Å². The van der Waals surface area contributed by atoms with Crippen LogP contribution in [0.5, 0.6) is 0 Å². The van der Waals surface area contributed by atoms with Crippen LogP contribution in [0, 0.1) is 12.7 Å². The number of benzene rings is 1. The summed E-state index contributed by atoms with van der Waals surface area (Å²) in [4.78, 5) is 0. The number of rotatable bonds is 6. The molecule has 0 amide bonds. The molecule has 0 aliphatic heterocycles. The first-order valence-corrected chi connectivity index (χ1v) is 6.16. The molecule has 2 N–H and O–H groups in total. The molecule has 0 saturated carbocycles. The molecule has 1 atom stereocenters. The first-order valence-electron chi connectivity index (χ1n) is 6.16. The predicted octanol–water partition coefficient (Wildman–Crippen LogP) is 4.10. The number of hydrogen-bond donors (Lipinski definition) is 1. The van der Waals surface area contributed by atoms with Gasteiger partial charge in [-0.05, 0) is 30.5 Å². The Morgan fingerprint density at radius 1 is 1.25 bits per heavy atom. The van der Waals surface area contributed by atoms with Crippen LogP contribution in [-0.4, -0.2) is 0 Å². The highest BCUT2D eigenvalue weighted by Crippen LogP contribution is 2.19. The van der Waals surface area contributed by atoms with Crippen LogP contribution >= 0.6 is 0 Å². The van der Waals surface area contributed by atoms with E-state index < -0.39 is 0 Å². The minimum atomic E-state index is -0.151. The summed E-state index contributed by atoms with van der Waals surface area (Å²) in [5.41, 5.74) is 7.63. The maximum Gasteiger partial charge on any atom is 0.126 e. The largest absolute Gasteiger partial charge is 0.324 e. The normalized spacial score (nSPS) is 12.8. The highest BCUT2D eigenvalue weighted by molar-refractivity contribution is 5.25. The van der Waals surface area contributed by atoms with Crippen molar-refractivity contribution in [2.24, 2.45) is 5.73 Å². The Kier molecular flexibility index (Phi) is 5.47. The van der Waals surface area contributed by atoms with E-state index in [1.165, 1.54) is 19.3 Å². The zero-order chi connectivity index (χ0) is 12.0. The molecule has 1 nitrogen and oxygen atoms in total. The SMILES string of the molecule is CCCCCCC(N)c1ccc(C)c(F)c1. The highest BCUT2D eigenvalue weighted by Gasteiger charge is 2.07. The van der Waals surface area contributed by atoms with Gasteiger partial charge in [0.2, 0.25) is 0 Å². The first kappa shape index (κ1) is 13.2. The van der Waals surface area contributed by atoms with Gasteiger partial charge < -0.3 is 5.73 Å². The number of nitrogens with two attached hydrogens (primary N) is 1. The summed E-state index contributed by atoms with van der Waals surface area (Å²) in [6.45, 7) is 3.96. The van der Waals surface area contributed by atoms with Gasteiger partial charge in [-0.1, -0.05) is 44.7 Å². The van der Waals surface area contributed by atoms with Crippen molar-refractivity contribution in [2.45, 2.75) is 52.0 Å². The lowest BCUT2D eigenvalue weighted by atomic mass is 10.00. The van der Waals surface area contributed by atoms with Crippen LogP contribution in [0.15, 0.2) is 18.2 Å². The van der Waals surface area contributed by atoms with Crippen molar-refractivity contribution < 1.29 is 4.39 Å². The van der Waals surface area contributed by atoms with E-state index in [9.17, 15) is 4.39 Å². The van der Waals surface area contributed by atoms with Crippen molar-refractivity contribution in [1.82, 2.24) is 0 Å². The van der Waals surface area contributed by atoms with E-state index in [1.807, 2.05) is 6.07 Å². The topological polar surface area (TPSA) is 26.0 Å². The van der Waals surface area contributed by atoms with Gasteiger partial charge in [0.05, 0.1) is 0 Å². The second-order valence-electron chi connectivity index (χ2n) is 4.46. The Morgan fingerprint density at radius 3 is 2.62 bits per heavy atom. The summed E-state index contributed by atoms with van der Waals surface area (Å²) < 4.78 is 13.3. The number of aryl methyl sites for hydroxylation is 1.